The Labute approximate surface area is 203 Å². The van der Waals surface area contributed by atoms with Crippen molar-refractivity contribution in [3.05, 3.63) is 106 Å². The molecule has 7 heteroatoms. The van der Waals surface area contributed by atoms with Gasteiger partial charge in [-0.3, -0.25) is 0 Å². The van der Waals surface area contributed by atoms with Gasteiger partial charge in [-0.2, -0.15) is 0 Å². The first-order valence-electron chi connectivity index (χ1n) is 11.0. The molecule has 3 aromatic rings. The van der Waals surface area contributed by atoms with Gasteiger partial charge in [0, 0.05) is 10.6 Å². The second-order valence-corrected chi connectivity index (χ2v) is 8.53. The Bertz CT molecular complexity index is 1210. The first-order chi connectivity index (χ1) is 16.4. The van der Waals surface area contributed by atoms with E-state index in [1.54, 1.807) is 26.0 Å². The van der Waals surface area contributed by atoms with Crippen molar-refractivity contribution in [3.63, 3.8) is 0 Å². The van der Waals surface area contributed by atoms with Crippen LogP contribution in [-0.4, -0.2) is 18.1 Å². The van der Waals surface area contributed by atoms with E-state index in [0.717, 1.165) is 5.56 Å². The van der Waals surface area contributed by atoms with Crippen LogP contribution in [0.1, 0.15) is 36.6 Å². The Morgan fingerprint density at radius 3 is 2.35 bits per heavy atom. The van der Waals surface area contributed by atoms with Gasteiger partial charge in [0.05, 0.1) is 23.4 Å². The predicted octanol–water partition coefficient (Wildman–Crippen LogP) is 5.64. The Hall–Kier alpha value is -3.77. The molecule has 1 unspecified atom stereocenters. The molecule has 1 heterocycles. The molecule has 0 aliphatic carbocycles. The Morgan fingerprint density at radius 1 is 0.971 bits per heavy atom. The number of hydrogen-bond acceptors (Lipinski definition) is 4. The average molecular weight is 477 g/mol. The quantitative estimate of drug-likeness (QED) is 0.433. The number of hydrogen-bond donors (Lipinski definition) is 2. The number of nitrogens with one attached hydrogen (secondary N) is 2. The summed E-state index contributed by atoms with van der Waals surface area (Å²) in [6.07, 6.45) is -0.327. The molecule has 0 saturated heterocycles. The summed E-state index contributed by atoms with van der Waals surface area (Å²) in [5, 5.41) is 6.32. The average Bonchev–Trinajstić information content (AvgIpc) is 2.83. The lowest BCUT2D eigenvalue weighted by molar-refractivity contribution is -0.143. The number of halogens is 1. The molecule has 2 N–H and O–H groups in total. The van der Waals surface area contributed by atoms with Gasteiger partial charge in [-0.1, -0.05) is 72.3 Å². The maximum Gasteiger partial charge on any atom is 0.338 e. The lowest BCUT2D eigenvalue weighted by atomic mass is 9.92. The number of rotatable bonds is 7. The van der Waals surface area contributed by atoms with Gasteiger partial charge in [-0.15, -0.1) is 0 Å². The second-order valence-electron chi connectivity index (χ2n) is 8.09. The van der Waals surface area contributed by atoms with Crippen molar-refractivity contribution in [2.45, 2.75) is 32.6 Å². The smallest absolute Gasteiger partial charge is 0.338 e. The van der Waals surface area contributed by atoms with Crippen molar-refractivity contribution in [2.24, 2.45) is 0 Å². The highest BCUT2D eigenvalue weighted by Crippen LogP contribution is 2.36. The fraction of sp³-hybridized carbons (Fsp3) is 0.185. The van der Waals surface area contributed by atoms with E-state index in [2.05, 4.69) is 10.6 Å². The number of ether oxygens (including phenoxy) is 2. The van der Waals surface area contributed by atoms with Gasteiger partial charge in [-0.05, 0) is 43.2 Å². The molecule has 1 aliphatic rings. The first-order valence-corrected chi connectivity index (χ1v) is 11.3. The zero-order chi connectivity index (χ0) is 24.1. The second kappa shape index (κ2) is 10.4. The SMILES string of the molecule is CC(C)OC(=O)C1=C(c2ccccc2)NC(=O)NC1c1ccccc1OCc1ccc(Cl)cc1. The van der Waals surface area contributed by atoms with Crippen LogP contribution in [-0.2, 0) is 16.1 Å². The number of amides is 2. The van der Waals surface area contributed by atoms with E-state index in [9.17, 15) is 9.59 Å². The number of benzene rings is 3. The normalized spacial score (nSPS) is 15.5. The van der Waals surface area contributed by atoms with Crippen LogP contribution in [0, 0.1) is 0 Å². The van der Waals surface area contributed by atoms with Gasteiger partial charge in [-0.25, -0.2) is 9.59 Å². The van der Waals surface area contributed by atoms with E-state index in [-0.39, 0.29) is 6.10 Å². The molecular weight excluding hydrogens is 452 g/mol. The fourth-order valence-electron chi connectivity index (χ4n) is 3.72. The van der Waals surface area contributed by atoms with Crippen molar-refractivity contribution < 1.29 is 19.1 Å². The highest BCUT2D eigenvalue weighted by molar-refractivity contribution is 6.30. The molecule has 174 valence electrons. The van der Waals surface area contributed by atoms with Crippen molar-refractivity contribution in [1.82, 2.24) is 10.6 Å². The summed E-state index contributed by atoms with van der Waals surface area (Å²) in [6, 6.07) is 22.8. The lowest BCUT2D eigenvalue weighted by Crippen LogP contribution is -2.45. The van der Waals surface area contributed by atoms with Gasteiger partial charge < -0.3 is 20.1 Å². The van der Waals surface area contributed by atoms with E-state index in [1.165, 1.54) is 0 Å². The highest BCUT2D eigenvalue weighted by Gasteiger charge is 2.36. The topological polar surface area (TPSA) is 76.7 Å². The lowest BCUT2D eigenvalue weighted by Gasteiger charge is -2.31. The molecule has 2 amide bonds. The largest absolute Gasteiger partial charge is 0.489 e. The minimum atomic E-state index is -0.767. The minimum absolute atomic E-state index is 0.300. The van der Waals surface area contributed by atoms with Gasteiger partial charge in [0.1, 0.15) is 12.4 Å². The van der Waals surface area contributed by atoms with Crippen LogP contribution < -0.4 is 15.4 Å². The van der Waals surface area contributed by atoms with Crippen LogP contribution in [0.25, 0.3) is 5.70 Å². The molecular formula is C27H25ClN2O4. The van der Waals surface area contributed by atoms with Crippen LogP contribution in [0.4, 0.5) is 4.79 Å². The van der Waals surface area contributed by atoms with Gasteiger partial charge in [0.25, 0.3) is 0 Å². The molecule has 0 radical (unpaired) electrons. The fourth-order valence-corrected chi connectivity index (χ4v) is 3.85. The highest BCUT2D eigenvalue weighted by atomic mass is 35.5. The van der Waals surface area contributed by atoms with Gasteiger partial charge in [0.15, 0.2) is 0 Å². The van der Waals surface area contributed by atoms with Gasteiger partial charge in [0.2, 0.25) is 0 Å². The molecule has 0 spiro atoms. The van der Waals surface area contributed by atoms with E-state index in [0.29, 0.717) is 39.8 Å². The molecule has 0 bridgehead atoms. The Kier molecular flexibility index (Phi) is 7.18. The molecule has 3 aromatic carbocycles. The summed E-state index contributed by atoms with van der Waals surface area (Å²) in [5.41, 5.74) is 3.01. The van der Waals surface area contributed by atoms with E-state index < -0.39 is 18.0 Å². The van der Waals surface area contributed by atoms with Crippen molar-refractivity contribution in [2.75, 3.05) is 0 Å². The summed E-state index contributed by atoms with van der Waals surface area (Å²) in [7, 11) is 0. The first kappa shape index (κ1) is 23.4. The number of para-hydroxylation sites is 1. The third-order valence-electron chi connectivity index (χ3n) is 5.23. The summed E-state index contributed by atoms with van der Waals surface area (Å²) < 4.78 is 11.7. The molecule has 1 atom stereocenters. The summed E-state index contributed by atoms with van der Waals surface area (Å²) >= 11 is 5.98. The van der Waals surface area contributed by atoms with E-state index in [1.807, 2.05) is 66.7 Å². The van der Waals surface area contributed by atoms with E-state index in [4.69, 9.17) is 21.1 Å². The molecule has 0 aromatic heterocycles. The standard InChI is InChI=1S/C27H25ClN2O4/c1-17(2)34-26(31)23-24(19-8-4-3-5-9-19)29-27(32)30-25(23)21-10-6-7-11-22(21)33-16-18-12-14-20(28)15-13-18/h3-15,17,25H,16H2,1-2H3,(H2,29,30,32). The van der Waals surface area contributed by atoms with Crippen molar-refractivity contribution in [1.29, 1.82) is 0 Å². The Balaban J connectivity index is 1.76. The molecule has 6 nitrogen and oxygen atoms in total. The van der Waals surface area contributed by atoms with E-state index >= 15 is 0 Å². The Morgan fingerprint density at radius 2 is 1.65 bits per heavy atom. The number of urea groups is 1. The minimum Gasteiger partial charge on any atom is -0.489 e. The van der Waals surface area contributed by atoms with Crippen LogP contribution in [0.15, 0.2) is 84.4 Å². The number of esters is 1. The number of carbonyl (C=O) groups is 2. The van der Waals surface area contributed by atoms with Crippen LogP contribution >= 0.6 is 11.6 Å². The zero-order valence-electron chi connectivity index (χ0n) is 18.9. The zero-order valence-corrected chi connectivity index (χ0v) is 19.6. The molecule has 1 aliphatic heterocycles. The third-order valence-corrected chi connectivity index (χ3v) is 5.49. The maximum absolute atomic E-state index is 13.3. The van der Waals surface area contributed by atoms with Crippen molar-refractivity contribution in [3.8, 4) is 5.75 Å². The van der Waals surface area contributed by atoms with Gasteiger partial charge >= 0.3 is 12.0 Å². The molecule has 4 rings (SSSR count). The monoisotopic (exact) mass is 476 g/mol. The molecule has 0 fully saturated rings. The molecule has 0 saturated carbocycles. The third kappa shape index (κ3) is 5.41. The van der Waals surface area contributed by atoms with Crippen LogP contribution in [0.2, 0.25) is 5.02 Å². The summed E-state index contributed by atoms with van der Waals surface area (Å²) in [5.74, 6) is 0.0331. The summed E-state index contributed by atoms with van der Waals surface area (Å²) in [4.78, 5) is 26.0. The van der Waals surface area contributed by atoms with Crippen molar-refractivity contribution >= 4 is 29.3 Å². The summed E-state index contributed by atoms with van der Waals surface area (Å²) in [6.45, 7) is 3.87. The number of carbonyl (C=O) groups excluding carboxylic acids is 2. The van der Waals surface area contributed by atoms with Crippen LogP contribution in [0.3, 0.4) is 0 Å². The predicted molar refractivity (Wildman–Crippen MR) is 131 cm³/mol. The molecule has 34 heavy (non-hydrogen) atoms. The maximum atomic E-state index is 13.3. The van der Waals surface area contributed by atoms with Crippen LogP contribution in [0.5, 0.6) is 5.75 Å².